The van der Waals surface area contributed by atoms with Crippen LogP contribution < -0.4 is 10.3 Å². The largest absolute Gasteiger partial charge is 0.442 e. The minimum Gasteiger partial charge on any atom is -0.282 e. The summed E-state index contributed by atoms with van der Waals surface area (Å²) < 4.78 is 6.45. The standard InChI is InChI=1S/C9H6BrClN2O2/c10-8-9(14)15-12-13(8)7-4-2-1-3-6(7)5-11/h1-4H,5H2/p+1. The van der Waals surface area contributed by atoms with Crippen LogP contribution in [0, 0.1) is 0 Å². The number of alkyl halides is 1. The Morgan fingerprint density at radius 2 is 2.20 bits per heavy atom. The maximum absolute atomic E-state index is 11.1. The number of hydrogen-bond acceptors (Lipinski definition) is 2. The van der Waals surface area contributed by atoms with Gasteiger partial charge in [-0.3, -0.25) is 4.52 Å². The molecule has 15 heavy (non-hydrogen) atoms. The molecule has 1 heterocycles. The molecule has 6 heteroatoms. The first-order valence-corrected chi connectivity index (χ1v) is 5.50. The Hall–Kier alpha value is -1.07. The molecule has 0 bridgehead atoms. The van der Waals surface area contributed by atoms with Gasteiger partial charge in [0.1, 0.15) is 0 Å². The van der Waals surface area contributed by atoms with Gasteiger partial charge in [0.05, 0.1) is 5.88 Å². The number of rotatable bonds is 2. The van der Waals surface area contributed by atoms with Crippen molar-refractivity contribution in [3.8, 4) is 5.69 Å². The summed E-state index contributed by atoms with van der Waals surface area (Å²) >= 11 is 8.92. The van der Waals surface area contributed by atoms with Crippen LogP contribution in [0.1, 0.15) is 5.56 Å². The van der Waals surface area contributed by atoms with Gasteiger partial charge in [-0.2, -0.15) is 0 Å². The minimum atomic E-state index is -0.459. The zero-order chi connectivity index (χ0) is 10.8. The fourth-order valence-corrected chi connectivity index (χ4v) is 1.83. The van der Waals surface area contributed by atoms with E-state index in [1.54, 1.807) is 0 Å². The van der Waals surface area contributed by atoms with E-state index < -0.39 is 5.63 Å². The molecule has 0 saturated heterocycles. The molecule has 0 spiro atoms. The molecule has 0 saturated carbocycles. The minimum absolute atomic E-state index is 0.306. The van der Waals surface area contributed by atoms with Gasteiger partial charge in [-0.1, -0.05) is 18.2 Å². The number of benzene rings is 1. The normalized spacial score (nSPS) is 10.5. The van der Waals surface area contributed by atoms with Crippen molar-refractivity contribution < 1.29 is 9.20 Å². The molecule has 0 radical (unpaired) electrons. The van der Waals surface area contributed by atoms with Crippen LogP contribution in [-0.4, -0.2) is 5.27 Å². The molecule has 0 fully saturated rings. The van der Waals surface area contributed by atoms with E-state index in [1.807, 2.05) is 24.3 Å². The van der Waals surface area contributed by atoms with Crippen molar-refractivity contribution in [3.63, 3.8) is 0 Å². The van der Waals surface area contributed by atoms with Gasteiger partial charge in [0, 0.05) is 27.6 Å². The molecule has 2 rings (SSSR count). The second-order valence-corrected chi connectivity index (χ2v) is 3.89. The summed E-state index contributed by atoms with van der Waals surface area (Å²) in [4.78, 5) is 11.1. The SMILES string of the molecule is O=c1o[nH][n+](-c2ccccc2CCl)c1Br. The molecule has 1 aromatic heterocycles. The van der Waals surface area contributed by atoms with Crippen LogP contribution in [0.15, 0.2) is 38.2 Å². The van der Waals surface area contributed by atoms with E-state index in [0.29, 0.717) is 10.5 Å². The maximum Gasteiger partial charge on any atom is 0.442 e. The van der Waals surface area contributed by atoms with E-state index in [2.05, 4.69) is 25.7 Å². The third kappa shape index (κ3) is 1.85. The molecule has 0 unspecified atom stereocenters. The lowest BCUT2D eigenvalue weighted by atomic mass is 10.2. The molecule has 0 amide bonds. The highest BCUT2D eigenvalue weighted by Crippen LogP contribution is 2.12. The summed E-state index contributed by atoms with van der Waals surface area (Å²) in [7, 11) is 0. The Labute approximate surface area is 98.5 Å². The Morgan fingerprint density at radius 3 is 2.80 bits per heavy atom. The zero-order valence-corrected chi connectivity index (χ0v) is 9.88. The van der Waals surface area contributed by atoms with E-state index >= 15 is 0 Å². The van der Waals surface area contributed by atoms with Crippen LogP contribution in [-0.2, 0) is 5.88 Å². The van der Waals surface area contributed by atoms with Crippen molar-refractivity contribution in [3.05, 3.63) is 44.9 Å². The van der Waals surface area contributed by atoms with Gasteiger partial charge < -0.3 is 0 Å². The van der Waals surface area contributed by atoms with Crippen LogP contribution in [0.5, 0.6) is 0 Å². The number of halogens is 2. The van der Waals surface area contributed by atoms with Crippen molar-refractivity contribution in [1.82, 2.24) is 5.27 Å². The smallest absolute Gasteiger partial charge is 0.282 e. The Kier molecular flexibility index (Phi) is 2.93. The monoisotopic (exact) mass is 289 g/mol. The number of aromatic amines is 1. The van der Waals surface area contributed by atoms with E-state index in [9.17, 15) is 4.79 Å². The quantitative estimate of drug-likeness (QED) is 0.676. The molecule has 0 aliphatic heterocycles. The number of hydrogen-bond donors (Lipinski definition) is 1. The molecule has 1 aromatic carbocycles. The van der Waals surface area contributed by atoms with Gasteiger partial charge in [0.2, 0.25) is 5.69 Å². The predicted octanol–water partition coefficient (Wildman–Crippen LogP) is 1.75. The first-order chi connectivity index (χ1) is 7.24. The van der Waals surface area contributed by atoms with E-state index in [4.69, 9.17) is 11.6 Å². The molecule has 1 N–H and O–H groups in total. The Balaban J connectivity index is 2.63. The lowest BCUT2D eigenvalue weighted by Gasteiger charge is -1.96. The number of nitrogens with zero attached hydrogens (tertiary/aromatic N) is 1. The first kappa shape index (κ1) is 10.4. The van der Waals surface area contributed by atoms with Crippen molar-refractivity contribution in [1.29, 1.82) is 0 Å². The molecule has 0 aliphatic rings. The molecule has 0 aliphatic carbocycles. The van der Waals surface area contributed by atoms with Gasteiger partial charge in [-0.25, -0.2) is 4.79 Å². The van der Waals surface area contributed by atoms with Crippen molar-refractivity contribution >= 4 is 27.5 Å². The summed E-state index contributed by atoms with van der Waals surface area (Å²) in [6.07, 6.45) is 0. The highest BCUT2D eigenvalue weighted by molar-refractivity contribution is 9.10. The number of aromatic nitrogens is 2. The van der Waals surface area contributed by atoms with Gasteiger partial charge in [-0.15, -0.1) is 11.6 Å². The van der Waals surface area contributed by atoms with Crippen molar-refractivity contribution in [2.45, 2.75) is 5.88 Å². The third-order valence-corrected chi connectivity index (χ3v) is 2.94. The van der Waals surface area contributed by atoms with Crippen LogP contribution in [0.25, 0.3) is 5.69 Å². The summed E-state index contributed by atoms with van der Waals surface area (Å²) in [5, 5.41) is 2.49. The highest BCUT2D eigenvalue weighted by Gasteiger charge is 2.22. The summed E-state index contributed by atoms with van der Waals surface area (Å²) in [6, 6.07) is 7.46. The molecule has 4 nitrogen and oxygen atoms in total. The Bertz CT molecular complexity index is 535. The van der Waals surface area contributed by atoms with Gasteiger partial charge in [0.15, 0.2) is 0 Å². The van der Waals surface area contributed by atoms with Crippen molar-refractivity contribution in [2.75, 3.05) is 0 Å². The molecule has 2 aromatic rings. The summed E-state index contributed by atoms with van der Waals surface area (Å²) in [5.41, 5.74) is 1.23. The predicted molar refractivity (Wildman–Crippen MR) is 58.1 cm³/mol. The molecular formula is C9H7BrClN2O2+. The average Bonchev–Trinajstić information content (AvgIpc) is 2.60. The first-order valence-electron chi connectivity index (χ1n) is 4.17. The number of para-hydroxylation sites is 1. The topological polar surface area (TPSA) is 49.9 Å². The third-order valence-electron chi connectivity index (χ3n) is 1.97. The molecule has 78 valence electrons. The second-order valence-electron chi connectivity index (χ2n) is 2.87. The zero-order valence-electron chi connectivity index (χ0n) is 7.54. The van der Waals surface area contributed by atoms with Gasteiger partial charge >= 0.3 is 10.2 Å². The summed E-state index contributed by atoms with van der Waals surface area (Å²) in [5.74, 6) is 0.364. The van der Waals surface area contributed by atoms with E-state index in [1.165, 1.54) is 4.68 Å². The molecular weight excluding hydrogens is 283 g/mol. The van der Waals surface area contributed by atoms with Crippen LogP contribution in [0.4, 0.5) is 0 Å². The fraction of sp³-hybridized carbons (Fsp3) is 0.111. The highest BCUT2D eigenvalue weighted by atomic mass is 79.9. The van der Waals surface area contributed by atoms with Gasteiger partial charge in [0.25, 0.3) is 0 Å². The average molecular weight is 291 g/mol. The lowest BCUT2D eigenvalue weighted by molar-refractivity contribution is -0.680. The maximum atomic E-state index is 11.1. The number of nitrogens with one attached hydrogen (secondary N) is 1. The Morgan fingerprint density at radius 1 is 1.47 bits per heavy atom. The van der Waals surface area contributed by atoms with Crippen molar-refractivity contribution in [2.24, 2.45) is 0 Å². The van der Waals surface area contributed by atoms with Gasteiger partial charge in [-0.05, 0) is 9.95 Å². The van der Waals surface area contributed by atoms with E-state index in [0.717, 1.165) is 11.3 Å². The number of H-pyrrole nitrogens is 1. The summed E-state index contributed by atoms with van der Waals surface area (Å²) in [6.45, 7) is 0. The van der Waals surface area contributed by atoms with Crippen LogP contribution in [0.3, 0.4) is 0 Å². The molecule has 0 atom stereocenters. The van der Waals surface area contributed by atoms with Crippen LogP contribution in [0.2, 0.25) is 0 Å². The lowest BCUT2D eigenvalue weighted by Crippen LogP contribution is -2.36. The van der Waals surface area contributed by atoms with Crippen LogP contribution >= 0.6 is 27.5 Å². The fourth-order valence-electron chi connectivity index (χ4n) is 1.26. The van der Waals surface area contributed by atoms with E-state index in [-0.39, 0.29) is 0 Å². The second kappa shape index (κ2) is 4.20.